The topological polar surface area (TPSA) is 100 Å². The molecule has 0 bridgehead atoms. The molecule has 2 aromatic carbocycles. The highest BCUT2D eigenvalue weighted by Crippen LogP contribution is 2.14. The molecule has 1 fully saturated rings. The van der Waals surface area contributed by atoms with Gasteiger partial charge < -0.3 is 29.9 Å². The molecule has 1 saturated heterocycles. The number of carbonyl (C=O) groups excluding carboxylic acids is 3. The fourth-order valence-corrected chi connectivity index (χ4v) is 4.47. The number of rotatable bonds is 14. The maximum absolute atomic E-state index is 13.8. The van der Waals surface area contributed by atoms with E-state index in [1.54, 1.807) is 21.1 Å². The van der Waals surface area contributed by atoms with Gasteiger partial charge in [0.1, 0.15) is 18.7 Å². The highest BCUT2D eigenvalue weighted by Gasteiger charge is 2.35. The van der Waals surface area contributed by atoms with Gasteiger partial charge in [-0.05, 0) is 30.5 Å². The van der Waals surface area contributed by atoms with Crippen molar-refractivity contribution in [3.63, 3.8) is 0 Å². The fourth-order valence-electron chi connectivity index (χ4n) is 4.47. The summed E-state index contributed by atoms with van der Waals surface area (Å²) in [5.74, 6) is -0.983. The van der Waals surface area contributed by atoms with Crippen molar-refractivity contribution in [2.45, 2.75) is 44.0 Å². The molecule has 0 radical (unpaired) electrons. The zero-order valence-corrected chi connectivity index (χ0v) is 22.6. The van der Waals surface area contributed by atoms with Crippen molar-refractivity contribution in [3.05, 3.63) is 71.8 Å². The molecule has 206 valence electrons. The van der Waals surface area contributed by atoms with Gasteiger partial charge in [-0.15, -0.1) is 0 Å². The van der Waals surface area contributed by atoms with Crippen molar-refractivity contribution < 1.29 is 23.9 Å². The molecular formula is C29H40N4O5. The average molecular weight is 525 g/mol. The first-order valence-electron chi connectivity index (χ1n) is 13.1. The van der Waals surface area contributed by atoms with E-state index in [-0.39, 0.29) is 37.0 Å². The Morgan fingerprint density at radius 2 is 1.61 bits per heavy atom. The van der Waals surface area contributed by atoms with E-state index in [2.05, 4.69) is 10.6 Å². The molecular weight excluding hydrogens is 484 g/mol. The van der Waals surface area contributed by atoms with Gasteiger partial charge >= 0.3 is 0 Å². The minimum absolute atomic E-state index is 0.0176. The minimum atomic E-state index is -0.924. The lowest BCUT2D eigenvalue weighted by atomic mass is 10.0. The van der Waals surface area contributed by atoms with Crippen LogP contribution < -0.4 is 10.6 Å². The zero-order chi connectivity index (χ0) is 27.3. The van der Waals surface area contributed by atoms with Gasteiger partial charge in [0.15, 0.2) is 0 Å². The average Bonchev–Trinajstić information content (AvgIpc) is 3.47. The predicted octanol–water partition coefficient (Wildman–Crippen LogP) is 1.61. The fraction of sp³-hybridized carbons (Fsp3) is 0.483. The SMILES string of the molecule is CNC(=O)[C@@H](Cc1ccccc1)N(C)C(=O)[C@@H](COCc1ccccc1)N(C)C(=O)COC[C@@H]1CCCN1. The Hall–Kier alpha value is -3.27. The normalized spacial score (nSPS) is 16.4. The van der Waals surface area contributed by atoms with Gasteiger partial charge in [0.05, 0.1) is 19.8 Å². The Morgan fingerprint density at radius 1 is 0.947 bits per heavy atom. The van der Waals surface area contributed by atoms with Gasteiger partial charge in [0, 0.05) is 33.6 Å². The molecule has 3 rings (SSSR count). The summed E-state index contributed by atoms with van der Waals surface area (Å²) in [6.07, 6.45) is 2.46. The van der Waals surface area contributed by atoms with Crippen LogP contribution in [0.15, 0.2) is 60.7 Å². The Balaban J connectivity index is 1.71. The second-order valence-electron chi connectivity index (χ2n) is 9.60. The van der Waals surface area contributed by atoms with Gasteiger partial charge in [-0.2, -0.15) is 0 Å². The van der Waals surface area contributed by atoms with E-state index < -0.39 is 12.1 Å². The Morgan fingerprint density at radius 3 is 2.21 bits per heavy atom. The molecule has 0 spiro atoms. The molecule has 2 aromatic rings. The number of nitrogens with zero attached hydrogens (tertiary/aromatic N) is 2. The molecule has 0 unspecified atom stereocenters. The van der Waals surface area contributed by atoms with Crippen LogP contribution in [0.3, 0.4) is 0 Å². The van der Waals surface area contributed by atoms with Crippen molar-refractivity contribution in [1.82, 2.24) is 20.4 Å². The number of benzene rings is 2. The third-order valence-corrected chi connectivity index (χ3v) is 6.88. The Labute approximate surface area is 225 Å². The molecule has 9 heteroatoms. The zero-order valence-electron chi connectivity index (χ0n) is 22.6. The van der Waals surface area contributed by atoms with E-state index in [0.717, 1.165) is 30.5 Å². The number of ether oxygens (including phenoxy) is 2. The van der Waals surface area contributed by atoms with Crippen LogP contribution in [-0.2, 0) is 36.9 Å². The molecule has 1 aliphatic rings. The summed E-state index contributed by atoms with van der Waals surface area (Å²) in [4.78, 5) is 42.4. The van der Waals surface area contributed by atoms with E-state index in [9.17, 15) is 14.4 Å². The van der Waals surface area contributed by atoms with Crippen LogP contribution in [0.4, 0.5) is 0 Å². The van der Waals surface area contributed by atoms with Gasteiger partial charge in [-0.3, -0.25) is 14.4 Å². The van der Waals surface area contributed by atoms with Crippen LogP contribution in [0.5, 0.6) is 0 Å². The summed E-state index contributed by atoms with van der Waals surface area (Å²) >= 11 is 0. The summed E-state index contributed by atoms with van der Waals surface area (Å²) in [6, 6.07) is 17.7. The first-order chi connectivity index (χ1) is 18.4. The van der Waals surface area contributed by atoms with Gasteiger partial charge in [-0.1, -0.05) is 60.7 Å². The number of hydrogen-bond donors (Lipinski definition) is 2. The van der Waals surface area contributed by atoms with Crippen molar-refractivity contribution in [3.8, 4) is 0 Å². The monoisotopic (exact) mass is 524 g/mol. The van der Waals surface area contributed by atoms with Gasteiger partial charge in [0.25, 0.3) is 0 Å². The third-order valence-electron chi connectivity index (χ3n) is 6.88. The van der Waals surface area contributed by atoms with E-state index in [1.165, 1.54) is 9.80 Å². The summed E-state index contributed by atoms with van der Waals surface area (Å²) in [6.45, 7) is 1.54. The number of nitrogens with one attached hydrogen (secondary N) is 2. The summed E-state index contributed by atoms with van der Waals surface area (Å²) in [7, 11) is 4.72. The number of hydrogen-bond acceptors (Lipinski definition) is 6. The number of carbonyl (C=O) groups is 3. The predicted molar refractivity (Wildman–Crippen MR) is 145 cm³/mol. The lowest BCUT2D eigenvalue weighted by Gasteiger charge is -2.34. The lowest BCUT2D eigenvalue weighted by molar-refractivity contribution is -0.151. The van der Waals surface area contributed by atoms with E-state index in [0.29, 0.717) is 19.6 Å². The molecule has 3 amide bonds. The lowest BCUT2D eigenvalue weighted by Crippen LogP contribution is -2.56. The first kappa shape index (κ1) is 29.3. The molecule has 0 aliphatic carbocycles. The van der Waals surface area contributed by atoms with Crippen LogP contribution in [0, 0.1) is 0 Å². The highest BCUT2D eigenvalue weighted by molar-refractivity contribution is 5.92. The van der Waals surface area contributed by atoms with Crippen LogP contribution in [0.1, 0.15) is 24.0 Å². The molecule has 2 N–H and O–H groups in total. The van der Waals surface area contributed by atoms with Gasteiger partial charge in [-0.25, -0.2) is 0 Å². The number of likely N-dealkylation sites (N-methyl/N-ethyl adjacent to an activating group) is 3. The van der Waals surface area contributed by atoms with Crippen LogP contribution in [-0.4, -0.2) is 93.2 Å². The molecule has 0 saturated carbocycles. The molecule has 1 aliphatic heterocycles. The smallest absolute Gasteiger partial charge is 0.249 e. The largest absolute Gasteiger partial charge is 0.374 e. The molecule has 0 aromatic heterocycles. The highest BCUT2D eigenvalue weighted by atomic mass is 16.5. The summed E-state index contributed by atoms with van der Waals surface area (Å²) < 4.78 is 11.6. The van der Waals surface area contributed by atoms with E-state index in [1.807, 2.05) is 60.7 Å². The van der Waals surface area contributed by atoms with Crippen LogP contribution in [0.25, 0.3) is 0 Å². The quantitative estimate of drug-likeness (QED) is 0.390. The maximum Gasteiger partial charge on any atom is 0.249 e. The van der Waals surface area contributed by atoms with Crippen molar-refractivity contribution >= 4 is 17.7 Å². The molecule has 3 atom stereocenters. The standard InChI is InChI=1S/C29H40N4O5/c1-30-28(35)25(17-22-11-6-4-7-12-22)33(3)29(36)26(20-37-18-23-13-8-5-9-14-23)32(2)27(34)21-38-19-24-15-10-16-31-24/h4-9,11-14,24-26,31H,10,15-21H2,1-3H3,(H,30,35)/t24-,25+,26+/m0/s1. The Bertz CT molecular complexity index is 1010. The van der Waals surface area contributed by atoms with E-state index >= 15 is 0 Å². The van der Waals surface area contributed by atoms with Gasteiger partial charge in [0.2, 0.25) is 17.7 Å². The second kappa shape index (κ2) is 15.2. The van der Waals surface area contributed by atoms with Crippen molar-refractivity contribution in [2.24, 2.45) is 0 Å². The third kappa shape index (κ3) is 8.65. The second-order valence-corrected chi connectivity index (χ2v) is 9.60. The first-order valence-corrected chi connectivity index (χ1v) is 13.1. The Kier molecular flexibility index (Phi) is 11.7. The van der Waals surface area contributed by atoms with Crippen LogP contribution in [0.2, 0.25) is 0 Å². The van der Waals surface area contributed by atoms with Crippen molar-refractivity contribution in [2.75, 3.05) is 47.5 Å². The number of amides is 3. The minimum Gasteiger partial charge on any atom is -0.374 e. The van der Waals surface area contributed by atoms with Crippen LogP contribution >= 0.6 is 0 Å². The summed E-state index contributed by atoms with van der Waals surface area (Å²) in [5, 5.41) is 6.00. The molecule has 1 heterocycles. The van der Waals surface area contributed by atoms with E-state index in [4.69, 9.17) is 9.47 Å². The summed E-state index contributed by atoms with van der Waals surface area (Å²) in [5.41, 5.74) is 1.89. The molecule has 9 nitrogen and oxygen atoms in total. The molecule has 38 heavy (non-hydrogen) atoms. The van der Waals surface area contributed by atoms with Crippen molar-refractivity contribution in [1.29, 1.82) is 0 Å². The maximum atomic E-state index is 13.8.